The van der Waals surface area contributed by atoms with Gasteiger partial charge < -0.3 is 10.1 Å². The molecule has 24 heavy (non-hydrogen) atoms. The van der Waals surface area contributed by atoms with E-state index in [9.17, 15) is 9.90 Å². The van der Waals surface area contributed by atoms with E-state index in [1.165, 1.54) is 28.0 Å². The molecule has 0 atom stereocenters. The lowest BCUT2D eigenvalue weighted by molar-refractivity contribution is 0.0701. The summed E-state index contributed by atoms with van der Waals surface area (Å²) < 4.78 is 0. The first-order valence-electron chi connectivity index (χ1n) is 7.86. The van der Waals surface area contributed by atoms with Crippen LogP contribution in [0, 0.1) is 13.8 Å². The second-order valence-electron chi connectivity index (χ2n) is 6.14. The van der Waals surface area contributed by atoms with Gasteiger partial charge in [-0.05, 0) is 48.6 Å². The Bertz CT molecular complexity index is 1070. The standard InChI is InChI=1S/C20H17NO2S/c1-11-8-9-15-17(14(11)10-13-6-4-3-5-7-13)16-12(2)18(20(22)23)24-19(16)21-15/h3-9,21H,10H2,1-2H3,(H,22,23). The minimum Gasteiger partial charge on any atom is -0.477 e. The summed E-state index contributed by atoms with van der Waals surface area (Å²) in [7, 11) is 0. The second kappa shape index (κ2) is 5.49. The minimum atomic E-state index is -0.854. The molecular formula is C20H17NO2S. The predicted octanol–water partition coefficient (Wildman–Crippen LogP) is 5.29. The molecule has 120 valence electrons. The van der Waals surface area contributed by atoms with Crippen LogP contribution >= 0.6 is 11.3 Å². The number of nitrogens with one attached hydrogen (secondary N) is 1. The van der Waals surface area contributed by atoms with Gasteiger partial charge in [0.2, 0.25) is 0 Å². The third kappa shape index (κ3) is 2.22. The summed E-state index contributed by atoms with van der Waals surface area (Å²) in [4.78, 5) is 16.2. The van der Waals surface area contributed by atoms with Crippen molar-refractivity contribution in [1.82, 2.24) is 4.98 Å². The van der Waals surface area contributed by atoms with E-state index in [4.69, 9.17) is 0 Å². The number of H-pyrrole nitrogens is 1. The van der Waals surface area contributed by atoms with Crippen LogP contribution in [0.4, 0.5) is 0 Å². The van der Waals surface area contributed by atoms with E-state index < -0.39 is 5.97 Å². The number of aryl methyl sites for hydroxylation is 2. The number of carboxylic acids is 1. The molecule has 2 heterocycles. The van der Waals surface area contributed by atoms with Crippen molar-refractivity contribution in [1.29, 1.82) is 0 Å². The number of hydrogen-bond donors (Lipinski definition) is 2. The number of aromatic nitrogens is 1. The Morgan fingerprint density at radius 1 is 1.08 bits per heavy atom. The Morgan fingerprint density at radius 2 is 1.83 bits per heavy atom. The first-order valence-corrected chi connectivity index (χ1v) is 8.68. The van der Waals surface area contributed by atoms with E-state index >= 15 is 0 Å². The summed E-state index contributed by atoms with van der Waals surface area (Å²) >= 11 is 1.32. The molecule has 0 spiro atoms. The minimum absolute atomic E-state index is 0.422. The highest BCUT2D eigenvalue weighted by molar-refractivity contribution is 7.20. The maximum atomic E-state index is 11.5. The van der Waals surface area contributed by atoms with Gasteiger partial charge in [0, 0.05) is 16.3 Å². The molecule has 0 fully saturated rings. The molecular weight excluding hydrogens is 318 g/mol. The zero-order chi connectivity index (χ0) is 16.8. The lowest BCUT2D eigenvalue weighted by atomic mass is 9.95. The zero-order valence-electron chi connectivity index (χ0n) is 13.5. The molecule has 4 rings (SSSR count). The summed E-state index contributed by atoms with van der Waals surface area (Å²) in [5.74, 6) is -0.854. The molecule has 2 aromatic heterocycles. The van der Waals surface area contributed by atoms with Gasteiger partial charge in [-0.2, -0.15) is 0 Å². The number of fused-ring (bicyclic) bond motifs is 3. The smallest absolute Gasteiger partial charge is 0.346 e. The van der Waals surface area contributed by atoms with Crippen LogP contribution in [0.2, 0.25) is 0 Å². The number of hydrogen-bond acceptors (Lipinski definition) is 2. The van der Waals surface area contributed by atoms with Crippen molar-refractivity contribution >= 4 is 38.4 Å². The Hall–Kier alpha value is -2.59. The number of thiophene rings is 1. The molecule has 0 saturated carbocycles. The maximum absolute atomic E-state index is 11.5. The molecule has 3 nitrogen and oxygen atoms in total. The molecule has 2 N–H and O–H groups in total. The number of rotatable bonds is 3. The largest absolute Gasteiger partial charge is 0.477 e. The van der Waals surface area contributed by atoms with Crippen LogP contribution in [0.5, 0.6) is 0 Å². The quantitative estimate of drug-likeness (QED) is 0.534. The molecule has 0 aliphatic heterocycles. The molecule has 2 aromatic carbocycles. The fourth-order valence-electron chi connectivity index (χ4n) is 3.40. The van der Waals surface area contributed by atoms with Gasteiger partial charge in [0.05, 0.1) is 0 Å². The Morgan fingerprint density at radius 3 is 2.54 bits per heavy atom. The maximum Gasteiger partial charge on any atom is 0.346 e. The monoisotopic (exact) mass is 335 g/mol. The van der Waals surface area contributed by atoms with Crippen LogP contribution < -0.4 is 0 Å². The van der Waals surface area contributed by atoms with Gasteiger partial charge in [0.1, 0.15) is 9.71 Å². The van der Waals surface area contributed by atoms with Crippen LogP contribution in [0.1, 0.15) is 31.9 Å². The fourth-order valence-corrected chi connectivity index (χ4v) is 4.46. The van der Waals surface area contributed by atoms with Gasteiger partial charge >= 0.3 is 5.97 Å². The van der Waals surface area contributed by atoms with Crippen LogP contribution in [-0.2, 0) is 6.42 Å². The molecule has 0 aliphatic rings. The number of benzene rings is 2. The van der Waals surface area contributed by atoms with E-state index in [0.717, 1.165) is 33.1 Å². The van der Waals surface area contributed by atoms with Crippen molar-refractivity contribution in [2.24, 2.45) is 0 Å². The zero-order valence-corrected chi connectivity index (χ0v) is 14.3. The molecule has 4 heteroatoms. The van der Waals surface area contributed by atoms with E-state index in [1.54, 1.807) is 0 Å². The van der Waals surface area contributed by atoms with Crippen molar-refractivity contribution in [3.63, 3.8) is 0 Å². The highest BCUT2D eigenvalue weighted by Gasteiger charge is 2.20. The highest BCUT2D eigenvalue weighted by Crippen LogP contribution is 2.39. The summed E-state index contributed by atoms with van der Waals surface area (Å²) in [5, 5.41) is 11.6. The molecule has 0 radical (unpaired) electrons. The van der Waals surface area contributed by atoms with Gasteiger partial charge in [-0.25, -0.2) is 4.79 Å². The molecule has 4 aromatic rings. The molecule has 0 aliphatic carbocycles. The average molecular weight is 335 g/mol. The van der Waals surface area contributed by atoms with E-state index in [1.807, 2.05) is 13.0 Å². The molecule has 0 saturated heterocycles. The van der Waals surface area contributed by atoms with Crippen LogP contribution in [0.15, 0.2) is 42.5 Å². The van der Waals surface area contributed by atoms with E-state index in [-0.39, 0.29) is 0 Å². The van der Waals surface area contributed by atoms with Gasteiger partial charge in [-0.1, -0.05) is 36.4 Å². The summed E-state index contributed by atoms with van der Waals surface area (Å²) in [5.41, 5.74) is 5.69. The van der Waals surface area contributed by atoms with Crippen LogP contribution in [0.25, 0.3) is 21.1 Å². The van der Waals surface area contributed by atoms with Crippen molar-refractivity contribution in [3.8, 4) is 0 Å². The second-order valence-corrected chi connectivity index (χ2v) is 7.16. The predicted molar refractivity (Wildman–Crippen MR) is 99.4 cm³/mol. The van der Waals surface area contributed by atoms with Crippen LogP contribution in [-0.4, -0.2) is 16.1 Å². The SMILES string of the molecule is Cc1ccc2[nH]c3sc(C(=O)O)c(C)c3c2c1Cc1ccccc1. The molecule has 0 unspecified atom stereocenters. The normalized spacial score (nSPS) is 11.4. The average Bonchev–Trinajstić information content (AvgIpc) is 3.08. The Labute approximate surface area is 143 Å². The van der Waals surface area contributed by atoms with Crippen molar-refractivity contribution in [3.05, 3.63) is 69.6 Å². The highest BCUT2D eigenvalue weighted by atomic mass is 32.1. The lowest BCUT2D eigenvalue weighted by Gasteiger charge is -2.09. The first kappa shape index (κ1) is 15.0. The van der Waals surface area contributed by atoms with Crippen molar-refractivity contribution < 1.29 is 9.90 Å². The Balaban J connectivity index is 2.02. The van der Waals surface area contributed by atoms with Crippen molar-refractivity contribution in [2.45, 2.75) is 20.3 Å². The topological polar surface area (TPSA) is 53.1 Å². The van der Waals surface area contributed by atoms with Crippen LogP contribution in [0.3, 0.4) is 0 Å². The van der Waals surface area contributed by atoms with Gasteiger partial charge in [-0.3, -0.25) is 0 Å². The van der Waals surface area contributed by atoms with Crippen molar-refractivity contribution in [2.75, 3.05) is 0 Å². The van der Waals surface area contributed by atoms with Gasteiger partial charge in [0.15, 0.2) is 0 Å². The number of carboxylic acid groups (broad SMARTS) is 1. The number of carbonyl (C=O) groups is 1. The number of aromatic amines is 1. The van der Waals surface area contributed by atoms with E-state index in [2.05, 4.69) is 48.3 Å². The third-order valence-corrected chi connectivity index (χ3v) is 5.81. The van der Waals surface area contributed by atoms with Gasteiger partial charge in [-0.15, -0.1) is 11.3 Å². The molecule has 0 bridgehead atoms. The summed E-state index contributed by atoms with van der Waals surface area (Å²) in [6, 6.07) is 14.6. The first-order chi connectivity index (χ1) is 11.6. The summed E-state index contributed by atoms with van der Waals surface area (Å²) in [6.45, 7) is 4.03. The Kier molecular flexibility index (Phi) is 3.43. The summed E-state index contributed by atoms with van der Waals surface area (Å²) in [6.07, 6.45) is 0.842. The fraction of sp³-hybridized carbons (Fsp3) is 0.150. The lowest BCUT2D eigenvalue weighted by Crippen LogP contribution is -1.95. The van der Waals surface area contributed by atoms with E-state index in [0.29, 0.717) is 4.88 Å². The molecule has 0 amide bonds. The number of aromatic carboxylic acids is 1. The third-order valence-electron chi connectivity index (χ3n) is 4.61. The van der Waals surface area contributed by atoms with Gasteiger partial charge in [0.25, 0.3) is 0 Å².